The van der Waals surface area contributed by atoms with Gasteiger partial charge in [-0.15, -0.1) is 0 Å². The van der Waals surface area contributed by atoms with Crippen LogP contribution in [-0.2, 0) is 18.6 Å². The van der Waals surface area contributed by atoms with Gasteiger partial charge < -0.3 is 32.7 Å². The number of phosphoric acid groups is 1. The number of ether oxygens (including phenoxy) is 5. The molecule has 4 heterocycles. The van der Waals surface area contributed by atoms with Gasteiger partial charge in [0.05, 0.1) is 13.2 Å². The average molecular weight is 546 g/mol. The first-order valence-electron chi connectivity index (χ1n) is 11.3. The van der Waals surface area contributed by atoms with E-state index in [1.807, 2.05) is 0 Å². The summed E-state index contributed by atoms with van der Waals surface area (Å²) in [4.78, 5) is 17.6. The van der Waals surface area contributed by atoms with Crippen molar-refractivity contribution in [3.63, 3.8) is 0 Å². The third kappa shape index (κ3) is 4.91. The van der Waals surface area contributed by atoms with Crippen LogP contribution >= 0.6 is 7.82 Å². The number of carbonyl (C=O) groups is 1. The third-order valence-corrected chi connectivity index (χ3v) is 6.83. The maximum Gasteiger partial charge on any atom is 0.587 e. The second-order valence-electron chi connectivity index (χ2n) is 8.01. The number of amidine groups is 1. The molecule has 0 aromatic heterocycles. The number of phosphoric ester groups is 1. The highest BCUT2D eigenvalue weighted by Crippen LogP contribution is 2.52. The summed E-state index contributed by atoms with van der Waals surface area (Å²) in [6, 6.07) is 8.60. The molecule has 0 fully saturated rings. The van der Waals surface area contributed by atoms with Gasteiger partial charge in [0, 0.05) is 12.1 Å². The molecule has 38 heavy (non-hydrogen) atoms. The lowest BCUT2D eigenvalue weighted by Gasteiger charge is -2.19. The molecular formula is C22H21N5O10P+. The van der Waals surface area contributed by atoms with Crippen molar-refractivity contribution in [2.24, 2.45) is 10.7 Å². The predicted octanol–water partition coefficient (Wildman–Crippen LogP) is 0.323. The fourth-order valence-electron chi connectivity index (χ4n) is 3.75. The first kappa shape index (κ1) is 23.9. The van der Waals surface area contributed by atoms with Crippen molar-refractivity contribution >= 4 is 31.9 Å². The van der Waals surface area contributed by atoms with Crippen LogP contribution in [0.3, 0.4) is 0 Å². The quantitative estimate of drug-likeness (QED) is 0.238. The number of guanidine groups is 1. The van der Waals surface area contributed by atoms with E-state index >= 15 is 0 Å². The molecule has 0 saturated heterocycles. The zero-order valence-corrected chi connectivity index (χ0v) is 20.5. The summed E-state index contributed by atoms with van der Waals surface area (Å²) >= 11 is 0. The fraction of sp³-hybridized carbons (Fsp3) is 0.273. The molecule has 2 aromatic carbocycles. The van der Waals surface area contributed by atoms with E-state index in [4.69, 9.17) is 43.0 Å². The lowest BCUT2D eigenvalue weighted by atomic mass is 10.2. The van der Waals surface area contributed by atoms with Crippen molar-refractivity contribution in [1.29, 1.82) is 0 Å². The van der Waals surface area contributed by atoms with Gasteiger partial charge in [0.2, 0.25) is 19.6 Å². The molecule has 15 nitrogen and oxygen atoms in total. The van der Waals surface area contributed by atoms with Crippen LogP contribution in [0.25, 0.3) is 0 Å². The number of amides is 1. The van der Waals surface area contributed by atoms with Crippen LogP contribution in [-0.4, -0.2) is 68.5 Å². The van der Waals surface area contributed by atoms with Crippen molar-refractivity contribution in [1.82, 2.24) is 14.9 Å². The fourth-order valence-corrected chi connectivity index (χ4v) is 4.94. The van der Waals surface area contributed by atoms with Gasteiger partial charge in [-0.25, -0.2) is 24.4 Å². The summed E-state index contributed by atoms with van der Waals surface area (Å²) < 4.78 is 61.5. The number of nitrogens with two attached hydrogens (primary N) is 1. The maximum absolute atomic E-state index is 13.7. The smallest absolute Gasteiger partial charge is 0.454 e. The molecule has 0 spiro atoms. The molecule has 6 rings (SSSR count). The van der Waals surface area contributed by atoms with Gasteiger partial charge in [0.1, 0.15) is 17.8 Å². The molecule has 0 saturated carbocycles. The highest BCUT2D eigenvalue weighted by atomic mass is 31.2. The largest absolute Gasteiger partial charge is 0.587 e. The summed E-state index contributed by atoms with van der Waals surface area (Å²) in [5, 5.41) is 2.41. The third-order valence-electron chi connectivity index (χ3n) is 5.46. The van der Waals surface area contributed by atoms with Crippen molar-refractivity contribution in [2.75, 3.05) is 33.5 Å². The molecule has 3 N–H and O–H groups in total. The summed E-state index contributed by atoms with van der Waals surface area (Å²) in [6.45, 7) is -0.0296. The monoisotopic (exact) mass is 546 g/mol. The van der Waals surface area contributed by atoms with Crippen LogP contribution in [0.2, 0.25) is 0 Å². The summed E-state index contributed by atoms with van der Waals surface area (Å²) in [7, 11) is -4.23. The van der Waals surface area contributed by atoms with Gasteiger partial charge >= 0.3 is 25.5 Å². The Morgan fingerprint density at radius 2 is 1.63 bits per heavy atom. The van der Waals surface area contributed by atoms with Gasteiger partial charge in [-0.05, 0) is 24.3 Å². The minimum atomic E-state index is -4.23. The first-order valence-corrected chi connectivity index (χ1v) is 12.7. The standard InChI is InChI=1S/C22H20N5O10P/c23-22-25-20-19(21(28)26-22)24-9-27(20)10-30-5-6-35-38(29,36-13-1-3-15-17(7-13)33-11-31-15)37-14-2-4-16-18(8-14)34-12-32-16/h1-4,7-9,19H,5-6,10-12H2,(H2,23,26,28)/p+1. The Morgan fingerprint density at radius 1 is 1.00 bits per heavy atom. The van der Waals surface area contributed by atoms with Gasteiger partial charge in [0.15, 0.2) is 29.7 Å². The molecule has 0 radical (unpaired) electrons. The number of fused-ring (bicyclic) bond motifs is 3. The number of hydrogen-bond donors (Lipinski definition) is 2. The molecule has 198 valence electrons. The molecule has 4 aliphatic rings. The first-order chi connectivity index (χ1) is 18.5. The van der Waals surface area contributed by atoms with Crippen LogP contribution in [0.4, 0.5) is 0 Å². The molecule has 0 bridgehead atoms. The van der Waals surface area contributed by atoms with Crippen LogP contribution in [0, 0.1) is 0 Å². The van der Waals surface area contributed by atoms with Crippen molar-refractivity contribution in [2.45, 2.75) is 6.04 Å². The average Bonchev–Trinajstić information content (AvgIpc) is 3.63. The van der Waals surface area contributed by atoms with Crippen molar-refractivity contribution in [3.8, 4) is 34.5 Å². The molecule has 1 unspecified atom stereocenters. The second-order valence-corrected chi connectivity index (χ2v) is 9.53. The number of benzene rings is 2. The predicted molar refractivity (Wildman–Crippen MR) is 129 cm³/mol. The Kier molecular flexibility index (Phi) is 6.18. The van der Waals surface area contributed by atoms with E-state index in [1.165, 1.54) is 23.4 Å². The molecule has 0 aliphatic carbocycles. The molecule has 16 heteroatoms. The minimum absolute atomic E-state index is 0.000902. The van der Waals surface area contributed by atoms with E-state index in [9.17, 15) is 9.36 Å². The number of hydrogen-bond acceptors (Lipinski definition) is 13. The minimum Gasteiger partial charge on any atom is -0.454 e. The zero-order chi connectivity index (χ0) is 26.1. The molecule has 4 aliphatic heterocycles. The maximum atomic E-state index is 13.7. The topological polar surface area (TPSA) is 176 Å². The number of rotatable bonds is 10. The van der Waals surface area contributed by atoms with Crippen LogP contribution in [0.5, 0.6) is 34.5 Å². The van der Waals surface area contributed by atoms with Crippen LogP contribution in [0.15, 0.2) is 41.4 Å². The van der Waals surface area contributed by atoms with Gasteiger partial charge in [-0.3, -0.25) is 15.1 Å². The molecule has 1 atom stereocenters. The number of nitrogens with zero attached hydrogens (tertiary/aromatic N) is 3. The Bertz CT molecular complexity index is 1360. The number of aliphatic imine (C=N–C) groups is 1. The van der Waals surface area contributed by atoms with Crippen LogP contribution < -0.4 is 43.7 Å². The van der Waals surface area contributed by atoms with Gasteiger partial charge in [0.25, 0.3) is 0 Å². The van der Waals surface area contributed by atoms with Crippen molar-refractivity contribution in [3.05, 3.63) is 36.4 Å². The van der Waals surface area contributed by atoms with E-state index in [0.29, 0.717) is 28.8 Å². The Morgan fingerprint density at radius 3 is 2.29 bits per heavy atom. The molecule has 2 aromatic rings. The molecular weight excluding hydrogens is 525 g/mol. The summed E-state index contributed by atoms with van der Waals surface area (Å²) in [5.41, 5.74) is 5.62. The summed E-state index contributed by atoms with van der Waals surface area (Å²) in [6.07, 6.45) is 1.43. The van der Waals surface area contributed by atoms with E-state index in [-0.39, 0.29) is 56.9 Å². The summed E-state index contributed by atoms with van der Waals surface area (Å²) in [5.74, 6) is 2.23. The lowest BCUT2D eigenvalue weighted by Crippen LogP contribution is -2.53. The number of carbonyl (C=O) groups excluding carboxylic acids is 1. The highest BCUT2D eigenvalue weighted by molar-refractivity contribution is 7.49. The molecule has 1 amide bonds. The lowest BCUT2D eigenvalue weighted by molar-refractivity contribution is -0.119. The van der Waals surface area contributed by atoms with Crippen molar-refractivity contribution < 1.29 is 46.6 Å². The number of nitrogens with one attached hydrogen (secondary N) is 1. The SMILES string of the molecule is NC1=[N+]=C2C(N=CN2COCCOP(=O)(Oc2ccc3c(c2)OCO3)Oc2ccc3c(c2)OCO3)C(=O)N1. The van der Waals surface area contributed by atoms with E-state index in [2.05, 4.69) is 15.0 Å². The Balaban J connectivity index is 1.10. The Hall–Kier alpha value is -4.42. The van der Waals surface area contributed by atoms with Gasteiger partial charge in [-0.1, -0.05) is 0 Å². The van der Waals surface area contributed by atoms with E-state index in [0.717, 1.165) is 0 Å². The van der Waals surface area contributed by atoms with Gasteiger partial charge in [-0.2, -0.15) is 0 Å². The van der Waals surface area contributed by atoms with E-state index in [1.54, 1.807) is 24.3 Å². The van der Waals surface area contributed by atoms with E-state index < -0.39 is 13.9 Å². The Labute approximate surface area is 215 Å². The zero-order valence-electron chi connectivity index (χ0n) is 19.6. The highest BCUT2D eigenvalue weighted by Gasteiger charge is 2.41. The normalized spacial score (nSPS) is 18.6. The van der Waals surface area contributed by atoms with Crippen LogP contribution in [0.1, 0.15) is 0 Å². The second kappa shape index (κ2) is 9.80.